The fraction of sp³-hybridized carbons (Fsp3) is 0.333. The Kier molecular flexibility index (Phi) is 5.44. The maximum absolute atomic E-state index is 12.4. The predicted octanol–water partition coefficient (Wildman–Crippen LogP) is 3.43. The number of H-pyrrole nitrogens is 1. The summed E-state index contributed by atoms with van der Waals surface area (Å²) >= 11 is 12.2. The second kappa shape index (κ2) is 7.60. The molecular weight excluding hydrogens is 377 g/mol. The Morgan fingerprint density at radius 2 is 1.92 bits per heavy atom. The summed E-state index contributed by atoms with van der Waals surface area (Å²) in [4.78, 5) is 29.1. The molecule has 0 spiro atoms. The number of carbonyl (C=O) groups excluding carboxylic acids is 1. The van der Waals surface area contributed by atoms with E-state index in [0.29, 0.717) is 34.6 Å². The van der Waals surface area contributed by atoms with Gasteiger partial charge in [-0.1, -0.05) is 23.2 Å². The van der Waals surface area contributed by atoms with E-state index in [1.807, 2.05) is 30.0 Å². The van der Waals surface area contributed by atoms with Crippen molar-refractivity contribution in [1.82, 2.24) is 9.55 Å². The lowest BCUT2D eigenvalue weighted by molar-refractivity contribution is -0.143. The molecule has 0 saturated heterocycles. The second-order valence-corrected chi connectivity index (χ2v) is 6.77. The van der Waals surface area contributed by atoms with Crippen molar-refractivity contribution in [2.24, 2.45) is 0 Å². The van der Waals surface area contributed by atoms with E-state index >= 15 is 0 Å². The third-order valence-electron chi connectivity index (χ3n) is 4.17. The van der Waals surface area contributed by atoms with Gasteiger partial charge in [-0.15, -0.1) is 0 Å². The number of likely N-dealkylation sites (N-methyl/N-ethyl adjacent to an activating group) is 1. The smallest absolute Gasteiger partial charge is 0.328 e. The van der Waals surface area contributed by atoms with Crippen LogP contribution in [0.25, 0.3) is 11.6 Å². The van der Waals surface area contributed by atoms with Gasteiger partial charge in [-0.3, -0.25) is 9.36 Å². The molecule has 1 aliphatic heterocycles. The Labute approximate surface area is 161 Å². The van der Waals surface area contributed by atoms with E-state index < -0.39 is 5.97 Å². The topological polar surface area (TPSA) is 67.3 Å². The van der Waals surface area contributed by atoms with Crippen LogP contribution < -0.4 is 10.6 Å². The molecule has 8 heteroatoms. The zero-order valence-corrected chi connectivity index (χ0v) is 16.0. The molecule has 0 unspecified atom stereocenters. The maximum atomic E-state index is 12.4. The number of esters is 1. The molecule has 1 N–H and O–H groups in total. The molecule has 0 saturated carbocycles. The lowest BCUT2D eigenvalue weighted by Crippen LogP contribution is -2.33. The molecule has 0 fully saturated rings. The van der Waals surface area contributed by atoms with Crippen LogP contribution in [0.3, 0.4) is 0 Å². The van der Waals surface area contributed by atoms with Gasteiger partial charge in [0.15, 0.2) is 0 Å². The van der Waals surface area contributed by atoms with Crippen LogP contribution in [-0.2, 0) is 16.1 Å². The maximum Gasteiger partial charge on any atom is 0.328 e. The number of hydrogen-bond acceptors (Lipinski definition) is 4. The average Bonchev–Trinajstić information content (AvgIpc) is 2.89. The van der Waals surface area contributed by atoms with Crippen molar-refractivity contribution in [2.45, 2.75) is 20.4 Å². The number of rotatable bonds is 5. The SMILES string of the molecule is CCOC(=O)Cn1c2c([nH]c1=O)C=C(c1cc(Cl)cc(Cl)c1)CN2CC. The third-order valence-corrected chi connectivity index (χ3v) is 4.61. The highest BCUT2D eigenvalue weighted by atomic mass is 35.5. The molecule has 0 aliphatic carbocycles. The van der Waals surface area contributed by atoms with E-state index in [2.05, 4.69) is 4.98 Å². The number of ether oxygens (including phenoxy) is 1. The van der Waals surface area contributed by atoms with E-state index in [4.69, 9.17) is 27.9 Å². The van der Waals surface area contributed by atoms with Crippen molar-refractivity contribution < 1.29 is 9.53 Å². The number of imidazole rings is 1. The summed E-state index contributed by atoms with van der Waals surface area (Å²) in [7, 11) is 0. The second-order valence-electron chi connectivity index (χ2n) is 5.90. The average molecular weight is 396 g/mol. The number of halogens is 2. The summed E-state index contributed by atoms with van der Waals surface area (Å²) in [5, 5.41) is 1.10. The van der Waals surface area contributed by atoms with Gasteiger partial charge >= 0.3 is 11.7 Å². The Hall–Kier alpha value is -2.18. The lowest BCUT2D eigenvalue weighted by Gasteiger charge is -2.29. The number of carbonyl (C=O) groups is 1. The van der Waals surface area contributed by atoms with Crippen molar-refractivity contribution in [1.29, 1.82) is 0 Å². The number of anilines is 1. The number of fused-ring (bicyclic) bond motifs is 1. The van der Waals surface area contributed by atoms with Crippen molar-refractivity contribution in [3.8, 4) is 0 Å². The van der Waals surface area contributed by atoms with Crippen molar-refractivity contribution in [2.75, 3.05) is 24.6 Å². The van der Waals surface area contributed by atoms with Crippen LogP contribution >= 0.6 is 23.2 Å². The van der Waals surface area contributed by atoms with Gasteiger partial charge in [0.1, 0.15) is 12.4 Å². The van der Waals surface area contributed by atoms with E-state index in [0.717, 1.165) is 11.1 Å². The monoisotopic (exact) mass is 395 g/mol. The van der Waals surface area contributed by atoms with E-state index in [-0.39, 0.29) is 18.8 Å². The first-order valence-corrected chi connectivity index (χ1v) is 9.09. The molecule has 0 atom stereocenters. The molecule has 1 aromatic carbocycles. The standard InChI is InChI=1S/C18H19Cl2N3O3/c1-3-22-9-12(11-5-13(19)8-14(20)6-11)7-15-17(22)23(18(25)21-15)10-16(24)26-4-2/h5-8H,3-4,9-10H2,1-2H3,(H,21,25). The highest BCUT2D eigenvalue weighted by Crippen LogP contribution is 2.33. The first kappa shape index (κ1) is 18.6. The van der Waals surface area contributed by atoms with Crippen LogP contribution in [0, 0.1) is 0 Å². The van der Waals surface area contributed by atoms with Crippen LogP contribution in [0.1, 0.15) is 25.1 Å². The van der Waals surface area contributed by atoms with Crippen LogP contribution in [0.5, 0.6) is 0 Å². The minimum Gasteiger partial charge on any atom is -0.465 e. The van der Waals surface area contributed by atoms with Crippen LogP contribution in [0.2, 0.25) is 10.0 Å². The Balaban J connectivity index is 2.05. The zero-order chi connectivity index (χ0) is 18.8. The summed E-state index contributed by atoms with van der Waals surface area (Å²) in [5.74, 6) is 0.242. The van der Waals surface area contributed by atoms with Crippen molar-refractivity contribution in [3.63, 3.8) is 0 Å². The number of aromatic amines is 1. The van der Waals surface area contributed by atoms with Gasteiger partial charge in [0.2, 0.25) is 0 Å². The van der Waals surface area contributed by atoms with Gasteiger partial charge in [-0.2, -0.15) is 0 Å². The number of hydrogen-bond donors (Lipinski definition) is 1. The molecule has 26 heavy (non-hydrogen) atoms. The van der Waals surface area contributed by atoms with Gasteiger partial charge in [0.05, 0.1) is 12.3 Å². The van der Waals surface area contributed by atoms with Crippen LogP contribution in [0.4, 0.5) is 5.82 Å². The summed E-state index contributed by atoms with van der Waals surface area (Å²) in [6.45, 7) is 5.11. The fourth-order valence-corrected chi connectivity index (χ4v) is 3.61. The first-order valence-electron chi connectivity index (χ1n) is 8.33. The first-order chi connectivity index (χ1) is 12.4. The Morgan fingerprint density at radius 3 is 2.54 bits per heavy atom. The predicted molar refractivity (Wildman–Crippen MR) is 104 cm³/mol. The lowest BCUT2D eigenvalue weighted by atomic mass is 10.0. The third kappa shape index (κ3) is 3.66. The van der Waals surface area contributed by atoms with Gasteiger partial charge in [0, 0.05) is 23.1 Å². The fourth-order valence-electron chi connectivity index (χ4n) is 3.08. The molecule has 3 rings (SSSR count). The summed E-state index contributed by atoms with van der Waals surface area (Å²) in [5.41, 5.74) is 2.18. The van der Waals surface area contributed by atoms with E-state index in [1.54, 1.807) is 13.0 Å². The van der Waals surface area contributed by atoms with E-state index in [9.17, 15) is 9.59 Å². The van der Waals surface area contributed by atoms with Crippen molar-refractivity contribution in [3.05, 3.63) is 50.0 Å². The number of nitrogens with one attached hydrogen (secondary N) is 1. The summed E-state index contributed by atoms with van der Waals surface area (Å²) < 4.78 is 6.38. The summed E-state index contributed by atoms with van der Waals surface area (Å²) in [6, 6.07) is 5.36. The highest BCUT2D eigenvalue weighted by molar-refractivity contribution is 6.35. The molecule has 1 aromatic heterocycles. The zero-order valence-electron chi connectivity index (χ0n) is 14.5. The number of aromatic nitrogens is 2. The Morgan fingerprint density at radius 1 is 1.23 bits per heavy atom. The van der Waals surface area contributed by atoms with Gasteiger partial charge in [-0.05, 0) is 49.3 Å². The molecule has 1 aliphatic rings. The quantitative estimate of drug-likeness (QED) is 0.787. The van der Waals surface area contributed by atoms with Gasteiger partial charge < -0.3 is 14.6 Å². The van der Waals surface area contributed by atoms with Gasteiger partial charge in [0.25, 0.3) is 0 Å². The van der Waals surface area contributed by atoms with Crippen LogP contribution in [0.15, 0.2) is 23.0 Å². The minimum atomic E-state index is -0.441. The summed E-state index contributed by atoms with van der Waals surface area (Å²) in [6.07, 6.45) is 1.90. The highest BCUT2D eigenvalue weighted by Gasteiger charge is 2.25. The molecule has 0 radical (unpaired) electrons. The minimum absolute atomic E-state index is 0.124. The number of nitrogens with zero attached hydrogens (tertiary/aromatic N) is 2. The molecule has 0 bridgehead atoms. The molecular formula is C18H19Cl2N3O3. The van der Waals surface area contributed by atoms with Gasteiger partial charge in [-0.25, -0.2) is 4.79 Å². The largest absolute Gasteiger partial charge is 0.465 e. The Bertz CT molecular complexity index is 910. The normalized spacial score (nSPS) is 13.4. The van der Waals surface area contributed by atoms with Crippen molar-refractivity contribution >= 4 is 46.6 Å². The number of benzene rings is 1. The molecule has 6 nitrogen and oxygen atoms in total. The molecule has 0 amide bonds. The molecule has 2 aromatic rings. The van der Waals surface area contributed by atoms with E-state index in [1.165, 1.54) is 4.57 Å². The molecule has 2 heterocycles. The van der Waals surface area contributed by atoms with Crippen LogP contribution in [-0.4, -0.2) is 35.2 Å². The molecule has 138 valence electrons.